The molecule has 1 atom stereocenters. The van der Waals surface area contributed by atoms with Crippen molar-refractivity contribution in [1.82, 2.24) is 10.2 Å². The lowest BCUT2D eigenvalue weighted by Gasteiger charge is -2.37. The van der Waals surface area contributed by atoms with E-state index in [1.807, 2.05) is 11.0 Å². The Morgan fingerprint density at radius 2 is 1.82 bits per heavy atom. The number of hydrogen-bond acceptors (Lipinski definition) is 3. The monoisotopic (exact) mass is 381 g/mol. The molecule has 1 aromatic heterocycles. The normalized spacial score (nSPS) is 26.8. The molecule has 1 aromatic carbocycles. The second-order valence-corrected chi connectivity index (χ2v) is 9.58. The van der Waals surface area contributed by atoms with Crippen LogP contribution in [0.2, 0.25) is 0 Å². The Kier molecular flexibility index (Phi) is 4.82. The van der Waals surface area contributed by atoms with Gasteiger partial charge in [-0.15, -0.1) is 0 Å². The van der Waals surface area contributed by atoms with Crippen LogP contribution in [0.25, 0.3) is 0 Å². The highest BCUT2D eigenvalue weighted by atomic mass is 16.3. The van der Waals surface area contributed by atoms with E-state index in [-0.39, 0.29) is 22.7 Å². The highest BCUT2D eigenvalue weighted by Crippen LogP contribution is 2.49. The number of H-pyrrole nitrogens is 1. The van der Waals surface area contributed by atoms with Crippen molar-refractivity contribution in [2.75, 3.05) is 11.4 Å². The molecular weight excluding hydrogens is 350 g/mol. The summed E-state index contributed by atoms with van der Waals surface area (Å²) in [6, 6.07) is 10.3. The fourth-order valence-corrected chi connectivity index (χ4v) is 4.87. The lowest BCUT2D eigenvalue weighted by atomic mass is 9.68. The highest BCUT2D eigenvalue weighted by Gasteiger charge is 2.49. The summed E-state index contributed by atoms with van der Waals surface area (Å²) in [6.07, 6.45) is 5.55. The topological polar surface area (TPSA) is 69.2 Å². The third-order valence-electron chi connectivity index (χ3n) is 6.83. The smallest absolute Gasteiger partial charge is 0.233 e. The maximum Gasteiger partial charge on any atom is 0.233 e. The van der Waals surface area contributed by atoms with Gasteiger partial charge in [-0.05, 0) is 67.2 Å². The summed E-state index contributed by atoms with van der Waals surface area (Å²) in [4.78, 5) is 15.3. The van der Waals surface area contributed by atoms with Crippen LogP contribution >= 0.6 is 0 Å². The maximum atomic E-state index is 13.3. The van der Waals surface area contributed by atoms with Crippen molar-refractivity contribution in [3.05, 3.63) is 47.8 Å². The van der Waals surface area contributed by atoms with Gasteiger partial charge in [-0.1, -0.05) is 32.9 Å². The minimum Gasteiger partial charge on any atom is -0.387 e. The molecule has 4 rings (SSSR count). The number of anilines is 1. The number of carbonyl (C=O) groups excluding carboxylic acids is 1. The van der Waals surface area contributed by atoms with E-state index >= 15 is 0 Å². The molecule has 1 aliphatic heterocycles. The van der Waals surface area contributed by atoms with Crippen LogP contribution in [-0.4, -0.2) is 27.8 Å². The number of hydrogen-bond donors (Lipinski definition) is 2. The van der Waals surface area contributed by atoms with Gasteiger partial charge < -0.3 is 10.0 Å². The molecule has 1 saturated carbocycles. The fourth-order valence-electron chi connectivity index (χ4n) is 4.87. The summed E-state index contributed by atoms with van der Waals surface area (Å²) in [5.41, 5.74) is 2.94. The van der Waals surface area contributed by atoms with Gasteiger partial charge in [-0.3, -0.25) is 9.89 Å². The number of rotatable bonds is 3. The maximum absolute atomic E-state index is 13.3. The van der Waals surface area contributed by atoms with E-state index in [0.29, 0.717) is 0 Å². The van der Waals surface area contributed by atoms with Crippen molar-refractivity contribution in [3.63, 3.8) is 0 Å². The summed E-state index contributed by atoms with van der Waals surface area (Å²) < 4.78 is 0. The molecule has 1 spiro atoms. The van der Waals surface area contributed by atoms with Crippen molar-refractivity contribution in [2.45, 2.75) is 64.4 Å². The van der Waals surface area contributed by atoms with Crippen LogP contribution in [-0.2, 0) is 10.2 Å². The third kappa shape index (κ3) is 3.37. The largest absolute Gasteiger partial charge is 0.387 e. The number of aromatic amines is 1. The molecule has 5 nitrogen and oxygen atoms in total. The van der Waals surface area contributed by atoms with E-state index in [4.69, 9.17) is 0 Å². The summed E-state index contributed by atoms with van der Waals surface area (Å²) in [6.45, 7) is 7.40. The minimum absolute atomic E-state index is 0.114. The fraction of sp³-hybridized carbons (Fsp3) is 0.565. The first-order valence-electron chi connectivity index (χ1n) is 10.4. The first-order valence-corrected chi connectivity index (χ1v) is 10.4. The Labute approximate surface area is 167 Å². The standard InChI is InChI=1S/C23H31N3O2/c1-22(2,3)17-4-6-18(7-5-17)26-15-13-23(21(26)28)11-8-16(9-12-23)20(27)19-10-14-24-25-19/h4-7,10,14,16,20,27H,8-9,11-13,15H2,1-3H3,(H,24,25)/t16-,20?,23-. The van der Waals surface area contributed by atoms with Crippen molar-refractivity contribution in [3.8, 4) is 0 Å². The number of carbonyl (C=O) groups is 1. The van der Waals surface area contributed by atoms with Gasteiger partial charge in [0, 0.05) is 18.4 Å². The van der Waals surface area contributed by atoms with Crippen LogP contribution in [0.1, 0.15) is 70.2 Å². The number of benzene rings is 1. The average Bonchev–Trinajstić information content (AvgIpc) is 3.31. The molecule has 2 N–H and O–H groups in total. The van der Waals surface area contributed by atoms with E-state index < -0.39 is 6.10 Å². The number of nitrogens with one attached hydrogen (secondary N) is 1. The summed E-state index contributed by atoms with van der Waals surface area (Å²) >= 11 is 0. The van der Waals surface area contributed by atoms with Crippen LogP contribution in [0.3, 0.4) is 0 Å². The second-order valence-electron chi connectivity index (χ2n) is 9.58. The summed E-state index contributed by atoms with van der Waals surface area (Å²) in [5.74, 6) is 0.462. The first kappa shape index (κ1) is 19.2. The number of aliphatic hydroxyl groups is 1. The average molecular weight is 382 g/mol. The summed E-state index contributed by atoms with van der Waals surface area (Å²) in [7, 11) is 0. The van der Waals surface area contributed by atoms with E-state index in [0.717, 1.165) is 50.0 Å². The minimum atomic E-state index is -0.516. The van der Waals surface area contributed by atoms with Gasteiger partial charge >= 0.3 is 0 Å². The van der Waals surface area contributed by atoms with Crippen LogP contribution < -0.4 is 4.90 Å². The Morgan fingerprint density at radius 1 is 1.14 bits per heavy atom. The first-order chi connectivity index (χ1) is 13.3. The molecule has 5 heteroatoms. The van der Waals surface area contributed by atoms with Crippen LogP contribution in [0.4, 0.5) is 5.69 Å². The zero-order valence-corrected chi connectivity index (χ0v) is 17.1. The molecule has 1 aliphatic carbocycles. The molecule has 1 amide bonds. The quantitative estimate of drug-likeness (QED) is 0.830. The van der Waals surface area contributed by atoms with Crippen LogP contribution in [0, 0.1) is 11.3 Å². The van der Waals surface area contributed by atoms with Gasteiger partial charge in [0.15, 0.2) is 0 Å². The predicted octanol–water partition coefficient (Wildman–Crippen LogP) is 4.35. The van der Waals surface area contributed by atoms with Gasteiger partial charge in [0.05, 0.1) is 17.2 Å². The van der Waals surface area contributed by atoms with E-state index in [1.165, 1.54) is 5.56 Å². The zero-order chi connectivity index (χ0) is 19.9. The van der Waals surface area contributed by atoms with Crippen molar-refractivity contribution < 1.29 is 9.90 Å². The lowest BCUT2D eigenvalue weighted by Crippen LogP contribution is -2.38. The van der Waals surface area contributed by atoms with Crippen LogP contribution in [0.5, 0.6) is 0 Å². The van der Waals surface area contributed by atoms with Crippen molar-refractivity contribution in [2.24, 2.45) is 11.3 Å². The molecule has 2 aromatic rings. The molecule has 2 heterocycles. The van der Waals surface area contributed by atoms with E-state index in [1.54, 1.807) is 6.20 Å². The van der Waals surface area contributed by atoms with Crippen molar-refractivity contribution >= 4 is 11.6 Å². The van der Waals surface area contributed by atoms with Gasteiger partial charge in [0.2, 0.25) is 5.91 Å². The molecule has 1 saturated heterocycles. The van der Waals surface area contributed by atoms with Gasteiger partial charge in [0.1, 0.15) is 0 Å². The Hall–Kier alpha value is -2.14. The molecular formula is C23H31N3O2. The third-order valence-corrected chi connectivity index (χ3v) is 6.83. The Balaban J connectivity index is 1.43. The number of nitrogens with zero attached hydrogens (tertiary/aromatic N) is 2. The molecule has 2 fully saturated rings. The second kappa shape index (κ2) is 7.03. The van der Waals surface area contributed by atoms with E-state index in [2.05, 4.69) is 55.2 Å². The van der Waals surface area contributed by atoms with Gasteiger partial charge in [-0.25, -0.2) is 0 Å². The molecule has 0 bridgehead atoms. The van der Waals surface area contributed by atoms with Gasteiger partial charge in [-0.2, -0.15) is 5.10 Å². The Morgan fingerprint density at radius 3 is 2.39 bits per heavy atom. The molecule has 1 unspecified atom stereocenters. The van der Waals surface area contributed by atoms with Gasteiger partial charge in [0.25, 0.3) is 0 Å². The SMILES string of the molecule is CC(C)(C)c1ccc(N2CC[C@]3(CC[C@@H](C(O)c4ccn[nH]4)CC3)C2=O)cc1. The zero-order valence-electron chi connectivity index (χ0n) is 17.1. The van der Waals surface area contributed by atoms with Crippen molar-refractivity contribution in [1.29, 1.82) is 0 Å². The van der Waals surface area contributed by atoms with Crippen LogP contribution in [0.15, 0.2) is 36.5 Å². The summed E-state index contributed by atoms with van der Waals surface area (Å²) in [5, 5.41) is 17.4. The Bertz CT molecular complexity index is 813. The molecule has 28 heavy (non-hydrogen) atoms. The number of amides is 1. The number of aliphatic hydroxyl groups excluding tert-OH is 1. The lowest BCUT2D eigenvalue weighted by molar-refractivity contribution is -0.128. The number of aromatic nitrogens is 2. The molecule has 2 aliphatic rings. The highest BCUT2D eigenvalue weighted by molar-refractivity contribution is 6.00. The molecule has 150 valence electrons. The van der Waals surface area contributed by atoms with E-state index in [9.17, 15) is 9.90 Å². The predicted molar refractivity (Wildman–Crippen MR) is 110 cm³/mol. The molecule has 0 radical (unpaired) electrons.